The maximum absolute atomic E-state index is 9.88. The largest absolute Gasteiger partial charge is 0.508 e. The van der Waals surface area contributed by atoms with Gasteiger partial charge in [-0.15, -0.1) is 0 Å². The lowest BCUT2D eigenvalue weighted by molar-refractivity contribution is 0.207. The third-order valence-electron chi connectivity index (χ3n) is 3.54. The highest BCUT2D eigenvalue weighted by Crippen LogP contribution is 2.33. The van der Waals surface area contributed by atoms with Crippen LogP contribution >= 0.6 is 11.6 Å². The topological polar surface area (TPSA) is 52.5 Å². The van der Waals surface area contributed by atoms with Gasteiger partial charge in [-0.1, -0.05) is 42.8 Å². The maximum Gasteiger partial charge on any atom is 0.115 e. The number of phenols is 1. The third kappa shape index (κ3) is 2.89. The van der Waals surface area contributed by atoms with Gasteiger partial charge in [-0.3, -0.25) is 0 Å². The molecule has 2 aromatic rings. The van der Waals surface area contributed by atoms with E-state index in [0.29, 0.717) is 11.4 Å². The Morgan fingerprint density at radius 2 is 1.75 bits per heavy atom. The van der Waals surface area contributed by atoms with Crippen molar-refractivity contribution in [3.8, 4) is 5.75 Å². The van der Waals surface area contributed by atoms with Crippen molar-refractivity contribution in [1.82, 2.24) is 0 Å². The molecule has 3 nitrogen and oxygen atoms in total. The summed E-state index contributed by atoms with van der Waals surface area (Å²) in [5, 5.41) is 23.2. The maximum atomic E-state index is 9.88. The summed E-state index contributed by atoms with van der Waals surface area (Å²) < 4.78 is 0. The molecule has 0 saturated heterocycles. The van der Waals surface area contributed by atoms with Gasteiger partial charge in [0.1, 0.15) is 5.75 Å². The summed E-state index contributed by atoms with van der Waals surface area (Å²) in [5.74, 6) is 0.203. The molecule has 0 heterocycles. The minimum absolute atomic E-state index is 0.0699. The second-order valence-electron chi connectivity index (χ2n) is 4.75. The van der Waals surface area contributed by atoms with E-state index in [-0.39, 0.29) is 12.4 Å². The summed E-state index contributed by atoms with van der Waals surface area (Å²) in [6.07, 6.45) is 0.680. The number of para-hydroxylation sites is 1. The lowest BCUT2D eigenvalue weighted by atomic mass is 9.87. The van der Waals surface area contributed by atoms with Gasteiger partial charge in [0.15, 0.2) is 0 Å². The highest BCUT2D eigenvalue weighted by atomic mass is 35.5. The van der Waals surface area contributed by atoms with Gasteiger partial charge in [0, 0.05) is 0 Å². The summed E-state index contributed by atoms with van der Waals surface area (Å²) in [6.45, 7) is 1.92. The fourth-order valence-corrected chi connectivity index (χ4v) is 2.39. The summed E-state index contributed by atoms with van der Waals surface area (Å²) in [7, 11) is 0. The molecule has 0 aromatic heterocycles. The normalized spacial score (nSPS) is 13.8. The van der Waals surface area contributed by atoms with Crippen LogP contribution in [0, 0.1) is 0 Å². The molecule has 20 heavy (non-hydrogen) atoms. The molecule has 0 bridgehead atoms. The molecule has 0 radical (unpaired) electrons. The molecule has 2 rings (SSSR count). The van der Waals surface area contributed by atoms with E-state index in [9.17, 15) is 10.2 Å². The van der Waals surface area contributed by atoms with Gasteiger partial charge in [0.05, 0.1) is 22.9 Å². The molecule has 1 atom stereocenters. The molecule has 0 aliphatic rings. The predicted molar refractivity (Wildman–Crippen MR) is 82.2 cm³/mol. The molecule has 3 N–H and O–H groups in total. The van der Waals surface area contributed by atoms with Gasteiger partial charge < -0.3 is 15.5 Å². The van der Waals surface area contributed by atoms with Crippen molar-refractivity contribution in [3.63, 3.8) is 0 Å². The average molecular weight is 292 g/mol. The van der Waals surface area contributed by atoms with Crippen LogP contribution < -0.4 is 5.32 Å². The molecule has 0 amide bonds. The van der Waals surface area contributed by atoms with Crippen molar-refractivity contribution in [2.75, 3.05) is 11.9 Å². The Balaban J connectivity index is 2.39. The number of hydrogen-bond donors (Lipinski definition) is 3. The van der Waals surface area contributed by atoms with Gasteiger partial charge in [-0.25, -0.2) is 0 Å². The van der Waals surface area contributed by atoms with Crippen LogP contribution in [0.1, 0.15) is 18.9 Å². The lowest BCUT2D eigenvalue weighted by Crippen LogP contribution is -2.38. The van der Waals surface area contributed by atoms with Crippen molar-refractivity contribution in [3.05, 3.63) is 59.1 Å². The van der Waals surface area contributed by atoms with E-state index in [0.717, 1.165) is 11.3 Å². The van der Waals surface area contributed by atoms with Crippen LogP contribution in [0.2, 0.25) is 5.02 Å². The molecule has 4 heteroatoms. The number of rotatable bonds is 5. The van der Waals surface area contributed by atoms with Crippen LogP contribution in [0.5, 0.6) is 5.75 Å². The van der Waals surface area contributed by atoms with Crippen molar-refractivity contribution >= 4 is 17.3 Å². The lowest BCUT2D eigenvalue weighted by Gasteiger charge is -2.34. The number of phenolic OH excluding ortho intramolecular Hbond substituents is 1. The van der Waals surface area contributed by atoms with Gasteiger partial charge in [-0.2, -0.15) is 0 Å². The monoisotopic (exact) mass is 291 g/mol. The highest BCUT2D eigenvalue weighted by molar-refractivity contribution is 6.33. The summed E-state index contributed by atoms with van der Waals surface area (Å²) in [5.41, 5.74) is 1.05. The number of anilines is 1. The van der Waals surface area contributed by atoms with Crippen molar-refractivity contribution in [2.24, 2.45) is 0 Å². The zero-order valence-electron chi connectivity index (χ0n) is 11.3. The van der Waals surface area contributed by atoms with E-state index in [4.69, 9.17) is 11.6 Å². The second kappa shape index (κ2) is 6.16. The van der Waals surface area contributed by atoms with Crippen molar-refractivity contribution in [1.29, 1.82) is 0 Å². The van der Waals surface area contributed by atoms with Gasteiger partial charge >= 0.3 is 0 Å². The van der Waals surface area contributed by atoms with E-state index in [1.54, 1.807) is 30.3 Å². The number of aliphatic hydroxyl groups excluding tert-OH is 1. The minimum atomic E-state index is -0.626. The summed E-state index contributed by atoms with van der Waals surface area (Å²) in [4.78, 5) is 0. The molecular weight excluding hydrogens is 274 g/mol. The summed E-state index contributed by atoms with van der Waals surface area (Å²) >= 11 is 6.17. The van der Waals surface area contributed by atoms with Crippen LogP contribution in [-0.2, 0) is 5.54 Å². The molecule has 0 saturated carbocycles. The quantitative estimate of drug-likeness (QED) is 0.786. The number of benzene rings is 2. The number of aliphatic hydroxyl groups is 1. The highest BCUT2D eigenvalue weighted by Gasteiger charge is 2.30. The Bertz CT molecular complexity index is 565. The fraction of sp³-hybridized carbons (Fsp3) is 0.250. The first kappa shape index (κ1) is 14.7. The first-order valence-corrected chi connectivity index (χ1v) is 6.92. The molecule has 0 fully saturated rings. The van der Waals surface area contributed by atoms with Gasteiger partial charge in [0.2, 0.25) is 0 Å². The third-order valence-corrected chi connectivity index (χ3v) is 3.87. The molecule has 2 aromatic carbocycles. The van der Waals surface area contributed by atoms with Gasteiger partial charge in [0.25, 0.3) is 0 Å². The average Bonchev–Trinajstić information content (AvgIpc) is 2.48. The van der Waals surface area contributed by atoms with Crippen LogP contribution in [-0.4, -0.2) is 16.8 Å². The first-order chi connectivity index (χ1) is 9.61. The van der Waals surface area contributed by atoms with E-state index in [2.05, 4.69) is 5.32 Å². The van der Waals surface area contributed by atoms with E-state index >= 15 is 0 Å². The number of aromatic hydroxyl groups is 1. The first-order valence-electron chi connectivity index (χ1n) is 6.54. The van der Waals surface area contributed by atoms with Crippen LogP contribution in [0.4, 0.5) is 5.69 Å². The zero-order chi connectivity index (χ0) is 14.6. The molecular formula is C16H18ClNO2. The molecule has 0 aliphatic carbocycles. The van der Waals surface area contributed by atoms with Crippen molar-refractivity contribution in [2.45, 2.75) is 18.9 Å². The SMILES string of the molecule is CCC(CO)(Nc1ccccc1Cl)c1ccc(O)cc1. The minimum Gasteiger partial charge on any atom is -0.508 e. The van der Waals surface area contributed by atoms with Gasteiger partial charge in [-0.05, 0) is 36.2 Å². The Labute approximate surface area is 123 Å². The van der Waals surface area contributed by atoms with Crippen molar-refractivity contribution < 1.29 is 10.2 Å². The molecule has 1 unspecified atom stereocenters. The van der Waals surface area contributed by atoms with E-state index < -0.39 is 5.54 Å². The van der Waals surface area contributed by atoms with Crippen LogP contribution in [0.3, 0.4) is 0 Å². The number of hydrogen-bond acceptors (Lipinski definition) is 3. The Hall–Kier alpha value is -1.71. The number of nitrogens with one attached hydrogen (secondary N) is 1. The molecule has 106 valence electrons. The fourth-order valence-electron chi connectivity index (χ4n) is 2.21. The Morgan fingerprint density at radius 1 is 1.10 bits per heavy atom. The Morgan fingerprint density at radius 3 is 2.30 bits per heavy atom. The van der Waals surface area contributed by atoms with E-state index in [1.165, 1.54) is 0 Å². The molecule has 0 aliphatic heterocycles. The van der Waals surface area contributed by atoms with Crippen LogP contribution in [0.15, 0.2) is 48.5 Å². The molecule has 0 spiro atoms. The zero-order valence-corrected chi connectivity index (χ0v) is 12.1. The Kier molecular flexibility index (Phi) is 4.53. The van der Waals surface area contributed by atoms with E-state index in [1.807, 2.05) is 25.1 Å². The predicted octanol–water partition coefficient (Wildman–Crippen LogP) is 3.76. The summed E-state index contributed by atoms with van der Waals surface area (Å²) in [6, 6.07) is 14.3. The second-order valence-corrected chi connectivity index (χ2v) is 5.15. The number of halogens is 1. The van der Waals surface area contributed by atoms with Crippen LogP contribution in [0.25, 0.3) is 0 Å². The smallest absolute Gasteiger partial charge is 0.115 e. The standard InChI is InChI=1S/C16H18ClNO2/c1-2-16(11-19,12-7-9-13(20)10-8-12)18-15-6-4-3-5-14(15)17/h3-10,18-20H,2,11H2,1H3.